The van der Waals surface area contributed by atoms with Crippen molar-refractivity contribution in [3.63, 3.8) is 0 Å². The lowest BCUT2D eigenvalue weighted by Crippen LogP contribution is -2.21. The molecule has 0 saturated heterocycles. The summed E-state index contributed by atoms with van der Waals surface area (Å²) < 4.78 is 1.17. The summed E-state index contributed by atoms with van der Waals surface area (Å²) in [5.41, 5.74) is 1.38. The first-order chi connectivity index (χ1) is 8.20. The summed E-state index contributed by atoms with van der Waals surface area (Å²) in [4.78, 5) is 2.75. The van der Waals surface area contributed by atoms with Crippen LogP contribution in [0.1, 0.15) is 34.7 Å². The first kappa shape index (κ1) is 13.3. The Morgan fingerprint density at radius 1 is 1.29 bits per heavy atom. The van der Waals surface area contributed by atoms with E-state index >= 15 is 0 Å². The Morgan fingerprint density at radius 3 is 2.65 bits per heavy atom. The van der Waals surface area contributed by atoms with E-state index in [0.717, 1.165) is 13.0 Å². The lowest BCUT2D eigenvalue weighted by atomic mass is 10.1. The zero-order valence-corrected chi connectivity index (χ0v) is 13.2. The van der Waals surface area contributed by atoms with Gasteiger partial charge in [0.1, 0.15) is 0 Å². The van der Waals surface area contributed by atoms with Gasteiger partial charge < -0.3 is 5.32 Å². The minimum atomic E-state index is 0.344. The van der Waals surface area contributed by atoms with Crippen LogP contribution in [0, 0.1) is 6.92 Å². The van der Waals surface area contributed by atoms with Crippen molar-refractivity contribution in [3.8, 4) is 0 Å². The summed E-state index contributed by atoms with van der Waals surface area (Å²) >= 11 is 7.16. The van der Waals surface area contributed by atoms with Crippen LogP contribution in [-0.2, 0) is 0 Å². The molecule has 1 unspecified atom stereocenters. The molecule has 0 amide bonds. The second kappa shape index (κ2) is 6.14. The van der Waals surface area contributed by atoms with E-state index in [0.29, 0.717) is 6.04 Å². The second-order valence-electron chi connectivity index (χ2n) is 4.05. The number of halogens is 1. The Bertz CT molecular complexity index is 435. The fourth-order valence-electron chi connectivity index (χ4n) is 1.77. The summed E-state index contributed by atoms with van der Waals surface area (Å²) in [5.74, 6) is 0. The molecule has 2 rings (SSSR count). The predicted molar refractivity (Wildman–Crippen MR) is 81.2 cm³/mol. The van der Waals surface area contributed by atoms with Crippen molar-refractivity contribution in [3.05, 3.63) is 42.7 Å². The molecular weight excluding hydrogens is 314 g/mol. The molecule has 92 valence electrons. The maximum atomic E-state index is 3.62. The maximum absolute atomic E-state index is 3.62. The van der Waals surface area contributed by atoms with Gasteiger partial charge in [-0.3, -0.25) is 0 Å². The number of thiophene rings is 2. The Hall–Kier alpha value is -0.160. The predicted octanol–water partition coefficient (Wildman–Crippen LogP) is 4.97. The second-order valence-corrected chi connectivity index (χ2v) is 7.02. The number of rotatable bonds is 5. The number of nitrogens with one attached hydrogen (secondary N) is 1. The third kappa shape index (κ3) is 3.41. The van der Waals surface area contributed by atoms with E-state index in [1.54, 1.807) is 0 Å². The number of hydrogen-bond acceptors (Lipinski definition) is 3. The van der Waals surface area contributed by atoms with Gasteiger partial charge in [0.05, 0.1) is 6.04 Å². The number of aryl methyl sites for hydroxylation is 1. The Balaban J connectivity index is 2.24. The molecule has 1 N–H and O–H groups in total. The van der Waals surface area contributed by atoms with E-state index in [1.165, 1.54) is 19.8 Å². The lowest BCUT2D eigenvalue weighted by molar-refractivity contribution is 0.607. The average molecular weight is 330 g/mol. The average Bonchev–Trinajstić information content (AvgIpc) is 2.89. The normalized spacial score (nSPS) is 12.9. The van der Waals surface area contributed by atoms with E-state index in [9.17, 15) is 0 Å². The Morgan fingerprint density at radius 2 is 2.12 bits per heavy atom. The maximum Gasteiger partial charge on any atom is 0.0679 e. The molecule has 1 nitrogen and oxygen atoms in total. The van der Waals surface area contributed by atoms with Gasteiger partial charge in [-0.2, -0.15) is 0 Å². The van der Waals surface area contributed by atoms with Crippen molar-refractivity contribution in [2.75, 3.05) is 6.54 Å². The first-order valence-corrected chi connectivity index (χ1v) is 8.28. The van der Waals surface area contributed by atoms with Crippen molar-refractivity contribution in [2.45, 2.75) is 26.3 Å². The van der Waals surface area contributed by atoms with Crippen molar-refractivity contribution in [1.29, 1.82) is 0 Å². The molecule has 2 aromatic heterocycles. The lowest BCUT2D eigenvalue weighted by Gasteiger charge is -2.15. The molecule has 0 aliphatic heterocycles. The van der Waals surface area contributed by atoms with Crippen LogP contribution in [0.4, 0.5) is 0 Å². The van der Waals surface area contributed by atoms with Gasteiger partial charge in [0.2, 0.25) is 0 Å². The molecule has 2 aromatic rings. The van der Waals surface area contributed by atoms with Crippen LogP contribution >= 0.6 is 38.6 Å². The number of hydrogen-bond donors (Lipinski definition) is 1. The SMILES string of the molecule is CCCNC(c1csc(C)c1)c1cc(Br)cs1. The van der Waals surface area contributed by atoms with Crippen molar-refractivity contribution < 1.29 is 0 Å². The fraction of sp³-hybridized carbons (Fsp3) is 0.385. The van der Waals surface area contributed by atoms with Gasteiger partial charge >= 0.3 is 0 Å². The van der Waals surface area contributed by atoms with E-state index in [4.69, 9.17) is 0 Å². The third-order valence-corrected chi connectivity index (χ3v) is 5.19. The highest BCUT2D eigenvalue weighted by Crippen LogP contribution is 2.32. The smallest absolute Gasteiger partial charge is 0.0679 e. The van der Waals surface area contributed by atoms with Gasteiger partial charge in [-0.25, -0.2) is 0 Å². The van der Waals surface area contributed by atoms with Gasteiger partial charge in [0.15, 0.2) is 0 Å². The van der Waals surface area contributed by atoms with Gasteiger partial charge in [0, 0.05) is 19.6 Å². The van der Waals surface area contributed by atoms with E-state index in [2.05, 4.69) is 58.0 Å². The third-order valence-electron chi connectivity index (χ3n) is 2.55. The molecule has 1 atom stereocenters. The molecule has 0 radical (unpaired) electrons. The topological polar surface area (TPSA) is 12.0 Å². The Labute approximate surface area is 119 Å². The van der Waals surface area contributed by atoms with Crippen molar-refractivity contribution in [2.24, 2.45) is 0 Å². The minimum Gasteiger partial charge on any atom is -0.306 e. The Kier molecular flexibility index (Phi) is 4.79. The van der Waals surface area contributed by atoms with E-state index in [-0.39, 0.29) is 0 Å². The molecular formula is C13H16BrNS2. The van der Waals surface area contributed by atoms with Crippen LogP contribution in [-0.4, -0.2) is 6.54 Å². The van der Waals surface area contributed by atoms with Crippen molar-refractivity contribution in [1.82, 2.24) is 5.32 Å². The van der Waals surface area contributed by atoms with Gasteiger partial charge in [-0.1, -0.05) is 6.92 Å². The highest BCUT2D eigenvalue weighted by molar-refractivity contribution is 9.10. The molecule has 0 aliphatic carbocycles. The van der Waals surface area contributed by atoms with Gasteiger partial charge in [-0.15, -0.1) is 22.7 Å². The zero-order valence-electron chi connectivity index (χ0n) is 10.00. The van der Waals surface area contributed by atoms with Crippen molar-refractivity contribution >= 4 is 38.6 Å². The zero-order chi connectivity index (χ0) is 12.3. The summed E-state index contributed by atoms with van der Waals surface area (Å²) in [7, 11) is 0. The molecule has 0 fully saturated rings. The van der Waals surface area contributed by atoms with Crippen LogP contribution < -0.4 is 5.32 Å². The van der Waals surface area contributed by atoms with Gasteiger partial charge in [0.25, 0.3) is 0 Å². The summed E-state index contributed by atoms with van der Waals surface area (Å²) in [6.45, 7) is 5.41. The summed E-state index contributed by atoms with van der Waals surface area (Å²) in [6.07, 6.45) is 1.16. The van der Waals surface area contributed by atoms with Crippen LogP contribution in [0.2, 0.25) is 0 Å². The summed E-state index contributed by atoms with van der Waals surface area (Å²) in [6, 6.07) is 4.84. The van der Waals surface area contributed by atoms with E-state index in [1.807, 2.05) is 22.7 Å². The highest BCUT2D eigenvalue weighted by atomic mass is 79.9. The standard InChI is InChI=1S/C13H16BrNS2/c1-3-4-15-13(10-5-9(2)16-7-10)12-6-11(14)8-17-12/h5-8,13,15H,3-4H2,1-2H3. The molecule has 17 heavy (non-hydrogen) atoms. The quantitative estimate of drug-likeness (QED) is 0.816. The molecule has 0 bridgehead atoms. The van der Waals surface area contributed by atoms with Gasteiger partial charge in [-0.05, 0) is 58.9 Å². The fourth-order valence-corrected chi connectivity index (χ4v) is 4.04. The van der Waals surface area contributed by atoms with E-state index < -0.39 is 0 Å². The highest BCUT2D eigenvalue weighted by Gasteiger charge is 2.16. The first-order valence-electron chi connectivity index (χ1n) is 5.73. The molecule has 0 aromatic carbocycles. The minimum absolute atomic E-state index is 0.344. The molecule has 4 heteroatoms. The molecule has 0 aliphatic rings. The van der Waals surface area contributed by atoms with Crippen LogP contribution in [0.5, 0.6) is 0 Å². The molecule has 2 heterocycles. The largest absolute Gasteiger partial charge is 0.306 e. The summed E-state index contributed by atoms with van der Waals surface area (Å²) in [5, 5.41) is 8.03. The molecule has 0 spiro atoms. The van der Waals surface area contributed by atoms with Crippen LogP contribution in [0.25, 0.3) is 0 Å². The van der Waals surface area contributed by atoms with Crippen LogP contribution in [0.3, 0.4) is 0 Å². The van der Waals surface area contributed by atoms with Crippen LogP contribution in [0.15, 0.2) is 27.4 Å². The monoisotopic (exact) mass is 329 g/mol. The molecule has 0 saturated carbocycles.